The van der Waals surface area contributed by atoms with Gasteiger partial charge in [0.05, 0.1) is 14.2 Å². The second kappa shape index (κ2) is 5.75. The molecule has 0 radical (unpaired) electrons. The summed E-state index contributed by atoms with van der Waals surface area (Å²) in [6.45, 7) is 1.80. The van der Waals surface area contributed by atoms with Crippen LogP contribution in [0.2, 0.25) is 0 Å². The predicted molar refractivity (Wildman–Crippen MR) is 74.4 cm³/mol. The summed E-state index contributed by atoms with van der Waals surface area (Å²) in [6.07, 6.45) is 0. The molecule has 20 heavy (non-hydrogen) atoms. The number of aromatic amines is 1. The smallest absolute Gasteiger partial charge is 0.297 e. The summed E-state index contributed by atoms with van der Waals surface area (Å²) in [5, 5.41) is 1.14. The Labute approximate surface area is 117 Å². The monoisotopic (exact) mass is 275 g/mol. The second-order valence-electron chi connectivity index (χ2n) is 4.28. The van der Waals surface area contributed by atoms with Gasteiger partial charge in [-0.2, -0.15) is 0 Å². The molecule has 1 amide bonds. The van der Waals surface area contributed by atoms with Gasteiger partial charge in [0.2, 0.25) is 0 Å². The third-order valence-electron chi connectivity index (χ3n) is 2.99. The summed E-state index contributed by atoms with van der Waals surface area (Å²) in [6, 6.07) is 7.47. The van der Waals surface area contributed by atoms with Crippen molar-refractivity contribution >= 4 is 5.91 Å². The third-order valence-corrected chi connectivity index (χ3v) is 2.99. The highest BCUT2D eigenvalue weighted by molar-refractivity contribution is 5.93. The number of imidazole rings is 1. The van der Waals surface area contributed by atoms with Crippen molar-refractivity contribution in [2.45, 2.75) is 6.92 Å². The van der Waals surface area contributed by atoms with Gasteiger partial charge in [0.1, 0.15) is 11.6 Å². The van der Waals surface area contributed by atoms with Crippen LogP contribution in [0.1, 0.15) is 16.2 Å². The Balaban J connectivity index is 2.38. The van der Waals surface area contributed by atoms with E-state index in [1.54, 1.807) is 21.1 Å². The maximum absolute atomic E-state index is 12.1. The fourth-order valence-electron chi connectivity index (χ4n) is 1.81. The van der Waals surface area contributed by atoms with Crippen LogP contribution >= 0.6 is 0 Å². The quantitative estimate of drug-likeness (QED) is 0.867. The third kappa shape index (κ3) is 2.65. The number of hydrogen-bond donors (Lipinski definition) is 1. The van der Waals surface area contributed by atoms with Crippen molar-refractivity contribution in [1.29, 1.82) is 0 Å². The molecule has 0 saturated carbocycles. The van der Waals surface area contributed by atoms with Crippen LogP contribution in [-0.4, -0.2) is 42.2 Å². The minimum absolute atomic E-state index is 0.296. The summed E-state index contributed by atoms with van der Waals surface area (Å²) in [7, 11) is 4.58. The first-order valence-electron chi connectivity index (χ1n) is 6.10. The Morgan fingerprint density at radius 2 is 2.10 bits per heavy atom. The number of benzene rings is 1. The van der Waals surface area contributed by atoms with Crippen molar-refractivity contribution in [2.75, 3.05) is 21.3 Å². The molecule has 0 saturated heterocycles. The van der Waals surface area contributed by atoms with E-state index in [4.69, 9.17) is 9.57 Å². The predicted octanol–water partition coefficient (Wildman–Crippen LogP) is 2.03. The lowest BCUT2D eigenvalue weighted by atomic mass is 10.2. The second-order valence-corrected chi connectivity index (χ2v) is 4.28. The number of nitrogens with one attached hydrogen (secondary N) is 1. The van der Waals surface area contributed by atoms with Crippen molar-refractivity contribution in [3.05, 3.63) is 35.7 Å². The van der Waals surface area contributed by atoms with Crippen LogP contribution in [0, 0.1) is 6.92 Å². The molecular formula is C14H17N3O3. The molecule has 0 fully saturated rings. The first kappa shape index (κ1) is 14.1. The van der Waals surface area contributed by atoms with Crippen LogP contribution in [0.3, 0.4) is 0 Å². The van der Waals surface area contributed by atoms with E-state index in [0.717, 1.165) is 16.4 Å². The molecule has 1 aromatic carbocycles. The lowest BCUT2D eigenvalue weighted by Gasteiger charge is -2.11. The van der Waals surface area contributed by atoms with Gasteiger partial charge < -0.3 is 9.72 Å². The number of carbonyl (C=O) groups excluding carboxylic acids is 1. The Morgan fingerprint density at radius 3 is 2.75 bits per heavy atom. The number of amides is 1. The molecule has 2 aromatic rings. The molecule has 106 valence electrons. The zero-order valence-electron chi connectivity index (χ0n) is 11.9. The maximum Gasteiger partial charge on any atom is 0.297 e. The minimum atomic E-state index is -0.296. The molecule has 6 heteroatoms. The fraction of sp³-hybridized carbons (Fsp3) is 0.286. The lowest BCUT2D eigenvalue weighted by Crippen LogP contribution is -2.26. The molecule has 0 aliphatic carbocycles. The zero-order chi connectivity index (χ0) is 14.7. The number of nitrogens with zero attached hydrogens (tertiary/aromatic N) is 2. The van der Waals surface area contributed by atoms with E-state index in [2.05, 4.69) is 9.97 Å². The molecule has 0 unspecified atom stereocenters. The molecule has 0 aliphatic heterocycles. The van der Waals surface area contributed by atoms with Crippen LogP contribution in [0.15, 0.2) is 24.3 Å². The van der Waals surface area contributed by atoms with E-state index in [0.29, 0.717) is 17.2 Å². The summed E-state index contributed by atoms with van der Waals surface area (Å²) in [5.74, 6) is 1.06. The average Bonchev–Trinajstić information content (AvgIpc) is 2.87. The van der Waals surface area contributed by atoms with Crippen molar-refractivity contribution < 1.29 is 14.4 Å². The lowest BCUT2D eigenvalue weighted by molar-refractivity contribution is -0.0760. The molecule has 1 N–H and O–H groups in total. The standard InChI is InChI=1S/C14H17N3O3/c1-9-12(14(18)17(2)20-4)16-13(15-9)10-6-5-7-11(8-10)19-3/h5-8H,1-4H3,(H,15,16). The van der Waals surface area contributed by atoms with Crippen LogP contribution < -0.4 is 4.74 Å². The van der Waals surface area contributed by atoms with Gasteiger partial charge in [-0.15, -0.1) is 0 Å². The molecule has 0 spiro atoms. The number of hydroxylamine groups is 2. The van der Waals surface area contributed by atoms with Gasteiger partial charge in [-0.25, -0.2) is 10.0 Å². The van der Waals surface area contributed by atoms with E-state index < -0.39 is 0 Å². The molecule has 1 aromatic heterocycles. The highest BCUT2D eigenvalue weighted by Crippen LogP contribution is 2.22. The summed E-state index contributed by atoms with van der Waals surface area (Å²) in [4.78, 5) is 24.4. The SMILES string of the molecule is COc1cccc(-c2nc(C(=O)N(C)OC)c(C)[nH]2)c1. The molecule has 0 aliphatic rings. The topological polar surface area (TPSA) is 67.4 Å². The molecule has 0 atom stereocenters. The van der Waals surface area contributed by atoms with Crippen LogP contribution in [-0.2, 0) is 4.84 Å². The number of methoxy groups -OCH3 is 1. The number of rotatable bonds is 4. The Bertz CT molecular complexity index is 622. The fourth-order valence-corrected chi connectivity index (χ4v) is 1.81. The van der Waals surface area contributed by atoms with Gasteiger partial charge in [-0.05, 0) is 19.1 Å². The summed E-state index contributed by atoms with van der Waals surface area (Å²) < 4.78 is 5.18. The summed E-state index contributed by atoms with van der Waals surface area (Å²) in [5.41, 5.74) is 1.88. The molecule has 6 nitrogen and oxygen atoms in total. The zero-order valence-corrected chi connectivity index (χ0v) is 11.9. The number of ether oxygens (including phenoxy) is 1. The van der Waals surface area contributed by atoms with Gasteiger partial charge in [0, 0.05) is 18.3 Å². The molecule has 1 heterocycles. The normalized spacial score (nSPS) is 10.4. The number of carbonyl (C=O) groups is 1. The minimum Gasteiger partial charge on any atom is -0.497 e. The number of aryl methyl sites for hydroxylation is 1. The highest BCUT2D eigenvalue weighted by Gasteiger charge is 2.19. The molecule has 2 rings (SSSR count). The summed E-state index contributed by atoms with van der Waals surface area (Å²) >= 11 is 0. The van der Waals surface area contributed by atoms with Gasteiger partial charge in [0.25, 0.3) is 5.91 Å². The Hall–Kier alpha value is -2.34. The van der Waals surface area contributed by atoms with Crippen LogP contribution in [0.4, 0.5) is 0 Å². The number of hydrogen-bond acceptors (Lipinski definition) is 4. The van der Waals surface area contributed by atoms with Gasteiger partial charge >= 0.3 is 0 Å². The first-order chi connectivity index (χ1) is 9.56. The van der Waals surface area contributed by atoms with Gasteiger partial charge in [-0.1, -0.05) is 12.1 Å². The van der Waals surface area contributed by atoms with Gasteiger partial charge in [0.15, 0.2) is 5.69 Å². The van der Waals surface area contributed by atoms with E-state index >= 15 is 0 Å². The van der Waals surface area contributed by atoms with Crippen molar-refractivity contribution in [3.63, 3.8) is 0 Å². The number of aromatic nitrogens is 2. The first-order valence-corrected chi connectivity index (χ1v) is 6.10. The van der Waals surface area contributed by atoms with Crippen molar-refractivity contribution in [1.82, 2.24) is 15.0 Å². The van der Waals surface area contributed by atoms with Crippen molar-refractivity contribution in [2.24, 2.45) is 0 Å². The number of H-pyrrole nitrogens is 1. The maximum atomic E-state index is 12.1. The van der Waals surface area contributed by atoms with Crippen molar-refractivity contribution in [3.8, 4) is 17.1 Å². The van der Waals surface area contributed by atoms with E-state index in [1.807, 2.05) is 24.3 Å². The van der Waals surface area contributed by atoms with E-state index in [9.17, 15) is 4.79 Å². The van der Waals surface area contributed by atoms with Crippen LogP contribution in [0.5, 0.6) is 5.75 Å². The Kier molecular flexibility index (Phi) is 4.05. The Morgan fingerprint density at radius 1 is 1.35 bits per heavy atom. The van der Waals surface area contributed by atoms with Gasteiger partial charge in [-0.3, -0.25) is 9.63 Å². The highest BCUT2D eigenvalue weighted by atomic mass is 16.7. The van der Waals surface area contributed by atoms with E-state index in [-0.39, 0.29) is 5.91 Å². The van der Waals surface area contributed by atoms with E-state index in [1.165, 1.54) is 7.11 Å². The molecule has 0 bridgehead atoms. The van der Waals surface area contributed by atoms with Crippen LogP contribution in [0.25, 0.3) is 11.4 Å². The molecular weight excluding hydrogens is 258 g/mol. The largest absolute Gasteiger partial charge is 0.497 e. The average molecular weight is 275 g/mol.